The van der Waals surface area contributed by atoms with Crippen LogP contribution >= 0.6 is 11.8 Å². The smallest absolute Gasteiger partial charge is 0.262 e. The number of hydrogen-bond acceptors (Lipinski definition) is 7. The summed E-state index contributed by atoms with van der Waals surface area (Å²) >= 11 is 1.28. The highest BCUT2D eigenvalue weighted by Gasteiger charge is 2.39. The quantitative estimate of drug-likeness (QED) is 0.424. The Hall–Kier alpha value is -4.11. The maximum atomic E-state index is 12.9. The van der Waals surface area contributed by atoms with E-state index in [0.29, 0.717) is 28.8 Å². The number of hydrazone groups is 1. The molecule has 0 aliphatic carbocycles. The molecular formula is C30H30N4O4S. The molecular weight excluding hydrogens is 512 g/mol. The van der Waals surface area contributed by atoms with Crippen molar-refractivity contribution in [2.24, 2.45) is 10.1 Å². The molecule has 5 rings (SSSR count). The second-order valence-electron chi connectivity index (χ2n) is 9.55. The van der Waals surface area contributed by atoms with E-state index >= 15 is 0 Å². The van der Waals surface area contributed by atoms with Crippen LogP contribution in [-0.2, 0) is 9.59 Å². The van der Waals surface area contributed by atoms with E-state index in [1.807, 2.05) is 56.3 Å². The zero-order chi connectivity index (χ0) is 27.5. The van der Waals surface area contributed by atoms with Crippen molar-refractivity contribution in [3.63, 3.8) is 0 Å². The molecule has 9 heteroatoms. The fourth-order valence-electron chi connectivity index (χ4n) is 4.55. The second kappa shape index (κ2) is 11.3. The Morgan fingerprint density at radius 3 is 2.31 bits per heavy atom. The van der Waals surface area contributed by atoms with Crippen LogP contribution in [-0.4, -0.2) is 47.2 Å². The number of anilines is 1. The molecule has 0 aromatic heterocycles. The molecule has 0 saturated heterocycles. The molecule has 2 heterocycles. The third kappa shape index (κ3) is 5.83. The molecule has 2 aliphatic rings. The van der Waals surface area contributed by atoms with Gasteiger partial charge in [0.15, 0.2) is 16.7 Å². The SMILES string of the molecule is COc1ccc([C@H]2CC(c3ccc(C)cc3)=NN2C2=NC(=O)[C@@H](CC(=O)Nc3ccc(C)cc3)S2)cc1OC. The molecule has 0 radical (unpaired) electrons. The average Bonchev–Trinajstić information content (AvgIpc) is 3.54. The minimum absolute atomic E-state index is 0.0216. The zero-order valence-electron chi connectivity index (χ0n) is 22.3. The van der Waals surface area contributed by atoms with Crippen molar-refractivity contribution in [3.05, 3.63) is 89.0 Å². The summed E-state index contributed by atoms with van der Waals surface area (Å²) in [6.45, 7) is 4.03. The maximum Gasteiger partial charge on any atom is 0.262 e. The number of thioether (sulfide) groups is 1. The first-order valence-electron chi connectivity index (χ1n) is 12.7. The van der Waals surface area contributed by atoms with Crippen LogP contribution in [0, 0.1) is 13.8 Å². The standard InChI is InChI=1S/C30H30N4O4S/c1-18-5-9-20(10-6-18)23-16-24(21-11-14-25(37-3)26(15-21)38-4)34(33-23)30-32-29(36)27(39-30)17-28(35)31-22-12-7-19(2)8-13-22/h5-15,24,27H,16-17H2,1-4H3,(H,31,35)/t24-,27-/m1/s1. The van der Waals surface area contributed by atoms with Crippen LogP contribution in [0.5, 0.6) is 11.5 Å². The lowest BCUT2D eigenvalue weighted by Gasteiger charge is -2.24. The molecule has 0 saturated carbocycles. The third-order valence-corrected chi connectivity index (χ3v) is 7.86. The van der Waals surface area contributed by atoms with Crippen LogP contribution in [0.4, 0.5) is 5.69 Å². The summed E-state index contributed by atoms with van der Waals surface area (Å²) in [6, 6.07) is 21.3. The van der Waals surface area contributed by atoms with E-state index < -0.39 is 5.25 Å². The number of nitrogens with zero attached hydrogens (tertiary/aromatic N) is 3. The van der Waals surface area contributed by atoms with Crippen LogP contribution < -0.4 is 14.8 Å². The summed E-state index contributed by atoms with van der Waals surface area (Å²) < 4.78 is 11.0. The van der Waals surface area contributed by atoms with Gasteiger partial charge in [-0.2, -0.15) is 10.1 Å². The first kappa shape index (κ1) is 26.5. The number of nitrogens with one attached hydrogen (secondary N) is 1. The van der Waals surface area contributed by atoms with E-state index in [4.69, 9.17) is 14.6 Å². The van der Waals surface area contributed by atoms with Gasteiger partial charge in [0.1, 0.15) is 5.25 Å². The van der Waals surface area contributed by atoms with Crippen molar-refractivity contribution in [2.45, 2.75) is 38.0 Å². The van der Waals surface area contributed by atoms with Gasteiger partial charge in [0.05, 0.1) is 26.0 Å². The van der Waals surface area contributed by atoms with Crippen molar-refractivity contribution in [3.8, 4) is 11.5 Å². The van der Waals surface area contributed by atoms with Gasteiger partial charge in [-0.1, -0.05) is 65.4 Å². The number of aryl methyl sites for hydroxylation is 2. The number of carbonyl (C=O) groups excluding carboxylic acids is 2. The second-order valence-corrected chi connectivity index (χ2v) is 10.7. The van der Waals surface area contributed by atoms with E-state index in [1.54, 1.807) is 19.2 Å². The Bertz CT molecular complexity index is 1450. The topological polar surface area (TPSA) is 92.6 Å². The van der Waals surface area contributed by atoms with Gasteiger partial charge >= 0.3 is 0 Å². The number of amides is 2. The summed E-state index contributed by atoms with van der Waals surface area (Å²) in [5, 5.41) is 9.46. The van der Waals surface area contributed by atoms with Gasteiger partial charge < -0.3 is 14.8 Å². The predicted octanol–water partition coefficient (Wildman–Crippen LogP) is 5.50. The highest BCUT2D eigenvalue weighted by molar-refractivity contribution is 8.15. The fraction of sp³-hybridized carbons (Fsp3) is 0.267. The summed E-state index contributed by atoms with van der Waals surface area (Å²) in [5.74, 6) is 0.677. The van der Waals surface area contributed by atoms with Crippen LogP contribution in [0.25, 0.3) is 0 Å². The van der Waals surface area contributed by atoms with Gasteiger partial charge in [0.25, 0.3) is 5.91 Å². The van der Waals surface area contributed by atoms with E-state index in [2.05, 4.69) is 34.6 Å². The molecule has 2 atom stereocenters. The van der Waals surface area contributed by atoms with Crippen LogP contribution in [0.2, 0.25) is 0 Å². The number of hydrogen-bond donors (Lipinski definition) is 1. The fourth-order valence-corrected chi connectivity index (χ4v) is 5.61. The summed E-state index contributed by atoms with van der Waals surface area (Å²) in [5.41, 5.74) is 5.83. The molecule has 2 amide bonds. The molecule has 8 nitrogen and oxygen atoms in total. The van der Waals surface area contributed by atoms with Crippen LogP contribution in [0.1, 0.15) is 41.1 Å². The summed E-state index contributed by atoms with van der Waals surface area (Å²) in [4.78, 5) is 29.9. The van der Waals surface area contributed by atoms with Crippen molar-refractivity contribution in [1.82, 2.24) is 5.01 Å². The lowest BCUT2D eigenvalue weighted by molar-refractivity contribution is -0.121. The summed E-state index contributed by atoms with van der Waals surface area (Å²) in [7, 11) is 3.20. The minimum atomic E-state index is -0.616. The highest BCUT2D eigenvalue weighted by Crippen LogP contribution is 2.41. The molecule has 3 aromatic carbocycles. The molecule has 1 N–H and O–H groups in total. The van der Waals surface area contributed by atoms with Crippen molar-refractivity contribution in [2.75, 3.05) is 19.5 Å². The van der Waals surface area contributed by atoms with Gasteiger partial charge in [-0.05, 0) is 49.2 Å². The Labute approximate surface area is 232 Å². The maximum absolute atomic E-state index is 12.9. The number of rotatable bonds is 7. The van der Waals surface area contributed by atoms with Gasteiger partial charge in [-0.3, -0.25) is 9.59 Å². The monoisotopic (exact) mass is 542 g/mol. The Kier molecular flexibility index (Phi) is 7.70. The van der Waals surface area contributed by atoms with Gasteiger partial charge in [0, 0.05) is 18.5 Å². The molecule has 0 bridgehead atoms. The Morgan fingerprint density at radius 1 is 0.974 bits per heavy atom. The summed E-state index contributed by atoms with van der Waals surface area (Å²) in [6.07, 6.45) is 0.638. The average molecular weight is 543 g/mol. The molecule has 3 aromatic rings. The number of benzene rings is 3. The number of methoxy groups -OCH3 is 2. The largest absolute Gasteiger partial charge is 0.493 e. The van der Waals surface area contributed by atoms with E-state index in [9.17, 15) is 9.59 Å². The van der Waals surface area contributed by atoms with Crippen molar-refractivity contribution < 1.29 is 19.1 Å². The normalized spacial score (nSPS) is 18.6. The number of amidine groups is 1. The number of carbonyl (C=O) groups is 2. The van der Waals surface area contributed by atoms with Crippen LogP contribution in [0.3, 0.4) is 0 Å². The lowest BCUT2D eigenvalue weighted by atomic mass is 9.98. The van der Waals surface area contributed by atoms with Crippen molar-refractivity contribution >= 4 is 40.1 Å². The Balaban J connectivity index is 1.38. The van der Waals surface area contributed by atoms with Gasteiger partial charge in [0.2, 0.25) is 5.91 Å². The molecule has 39 heavy (non-hydrogen) atoms. The molecule has 200 valence electrons. The van der Waals surface area contributed by atoms with E-state index in [0.717, 1.165) is 22.4 Å². The first-order valence-corrected chi connectivity index (χ1v) is 13.5. The number of ether oxygens (including phenoxy) is 2. The highest BCUT2D eigenvalue weighted by atomic mass is 32.2. The molecule has 0 spiro atoms. The van der Waals surface area contributed by atoms with E-state index in [1.165, 1.54) is 17.3 Å². The number of aliphatic imine (C=N–C) groups is 1. The zero-order valence-corrected chi connectivity index (χ0v) is 23.1. The Morgan fingerprint density at radius 2 is 1.64 bits per heavy atom. The van der Waals surface area contributed by atoms with Crippen LogP contribution in [0.15, 0.2) is 76.8 Å². The molecule has 0 fully saturated rings. The van der Waals surface area contributed by atoms with Gasteiger partial charge in [-0.25, -0.2) is 5.01 Å². The first-order chi connectivity index (χ1) is 18.8. The van der Waals surface area contributed by atoms with E-state index in [-0.39, 0.29) is 24.3 Å². The molecule has 0 unspecified atom stereocenters. The predicted molar refractivity (Wildman–Crippen MR) is 155 cm³/mol. The minimum Gasteiger partial charge on any atom is -0.493 e. The van der Waals surface area contributed by atoms with Gasteiger partial charge in [-0.15, -0.1) is 0 Å². The third-order valence-electron chi connectivity index (χ3n) is 6.72. The van der Waals surface area contributed by atoms with Crippen molar-refractivity contribution in [1.29, 1.82) is 0 Å². The molecule has 2 aliphatic heterocycles. The lowest BCUT2D eigenvalue weighted by Crippen LogP contribution is -2.25.